The number of fused-ring (bicyclic) bond motifs is 2. The third-order valence-corrected chi connectivity index (χ3v) is 4.53. The summed E-state index contributed by atoms with van der Waals surface area (Å²) in [6.07, 6.45) is 2.61. The van der Waals surface area contributed by atoms with Gasteiger partial charge in [-0.2, -0.15) is 0 Å². The first-order valence-electron chi connectivity index (χ1n) is 8.29. The van der Waals surface area contributed by atoms with Crippen LogP contribution in [0, 0.1) is 13.8 Å². The highest BCUT2D eigenvalue weighted by molar-refractivity contribution is 5.95. The maximum Gasteiger partial charge on any atom is 0.251 e. The SMILES string of the molecule is Cc1[nH]c2ccccc2c1CCNC(=O)c1ccn2c(C)nnc2c1. The molecule has 4 rings (SSSR count). The Morgan fingerprint density at radius 2 is 2.04 bits per heavy atom. The van der Waals surface area contributed by atoms with Crippen molar-refractivity contribution >= 4 is 22.5 Å². The Labute approximate surface area is 144 Å². The Balaban J connectivity index is 1.46. The van der Waals surface area contributed by atoms with Crippen molar-refractivity contribution in [3.63, 3.8) is 0 Å². The van der Waals surface area contributed by atoms with Crippen LogP contribution in [0.4, 0.5) is 0 Å². The molecule has 0 aliphatic rings. The Morgan fingerprint density at radius 1 is 1.20 bits per heavy atom. The second-order valence-electron chi connectivity index (χ2n) is 6.17. The summed E-state index contributed by atoms with van der Waals surface area (Å²) in [6, 6.07) is 11.8. The fourth-order valence-electron chi connectivity index (χ4n) is 3.21. The summed E-state index contributed by atoms with van der Waals surface area (Å²) < 4.78 is 1.85. The van der Waals surface area contributed by atoms with Crippen LogP contribution in [-0.4, -0.2) is 32.0 Å². The Morgan fingerprint density at radius 3 is 2.92 bits per heavy atom. The van der Waals surface area contributed by atoms with E-state index in [1.165, 1.54) is 10.9 Å². The fraction of sp³-hybridized carbons (Fsp3) is 0.211. The molecular formula is C19H19N5O. The van der Waals surface area contributed by atoms with Crippen LogP contribution in [-0.2, 0) is 6.42 Å². The number of nitrogens with one attached hydrogen (secondary N) is 2. The predicted octanol–water partition coefficient (Wildman–Crippen LogP) is 2.80. The van der Waals surface area contributed by atoms with E-state index >= 15 is 0 Å². The molecule has 126 valence electrons. The van der Waals surface area contributed by atoms with Crippen molar-refractivity contribution in [1.29, 1.82) is 0 Å². The van der Waals surface area contributed by atoms with Gasteiger partial charge in [-0.05, 0) is 44.0 Å². The zero-order valence-corrected chi connectivity index (χ0v) is 14.2. The Hall–Kier alpha value is -3.15. The van der Waals surface area contributed by atoms with E-state index in [2.05, 4.69) is 39.6 Å². The van der Waals surface area contributed by atoms with Crippen molar-refractivity contribution in [2.24, 2.45) is 0 Å². The molecule has 3 aromatic heterocycles. The number of hydrogen-bond acceptors (Lipinski definition) is 3. The van der Waals surface area contributed by atoms with Gasteiger partial charge < -0.3 is 10.3 Å². The predicted molar refractivity (Wildman–Crippen MR) is 96.8 cm³/mol. The number of amides is 1. The molecule has 0 radical (unpaired) electrons. The highest BCUT2D eigenvalue weighted by atomic mass is 16.1. The average molecular weight is 333 g/mol. The van der Waals surface area contributed by atoms with E-state index in [9.17, 15) is 4.79 Å². The van der Waals surface area contributed by atoms with E-state index in [-0.39, 0.29) is 5.91 Å². The topological polar surface area (TPSA) is 75.1 Å². The molecule has 0 atom stereocenters. The van der Waals surface area contributed by atoms with Crippen LogP contribution in [0.25, 0.3) is 16.6 Å². The summed E-state index contributed by atoms with van der Waals surface area (Å²) in [5, 5.41) is 12.3. The number of para-hydroxylation sites is 1. The number of aryl methyl sites for hydroxylation is 2. The van der Waals surface area contributed by atoms with Gasteiger partial charge in [-0.15, -0.1) is 10.2 Å². The number of hydrogen-bond donors (Lipinski definition) is 2. The lowest BCUT2D eigenvalue weighted by atomic mass is 10.1. The molecule has 3 heterocycles. The Kier molecular flexibility index (Phi) is 3.72. The van der Waals surface area contributed by atoms with Crippen molar-refractivity contribution < 1.29 is 4.79 Å². The van der Waals surface area contributed by atoms with Gasteiger partial charge in [0.25, 0.3) is 5.91 Å². The summed E-state index contributed by atoms with van der Waals surface area (Å²) in [5.74, 6) is 0.706. The molecule has 25 heavy (non-hydrogen) atoms. The normalized spacial score (nSPS) is 11.3. The zero-order chi connectivity index (χ0) is 17.4. The molecule has 0 unspecified atom stereocenters. The largest absolute Gasteiger partial charge is 0.358 e. The van der Waals surface area contributed by atoms with Crippen LogP contribution in [0.5, 0.6) is 0 Å². The molecular weight excluding hydrogens is 314 g/mol. The van der Waals surface area contributed by atoms with Crippen molar-refractivity contribution in [2.75, 3.05) is 6.54 Å². The first kappa shape index (κ1) is 15.4. The van der Waals surface area contributed by atoms with E-state index in [1.54, 1.807) is 12.1 Å². The lowest BCUT2D eigenvalue weighted by Crippen LogP contribution is -2.25. The molecule has 0 aliphatic heterocycles. The van der Waals surface area contributed by atoms with Crippen LogP contribution in [0.3, 0.4) is 0 Å². The number of carbonyl (C=O) groups excluding carboxylic acids is 1. The van der Waals surface area contributed by atoms with Gasteiger partial charge in [0.1, 0.15) is 5.82 Å². The molecule has 1 aromatic carbocycles. The van der Waals surface area contributed by atoms with Crippen LogP contribution in [0.1, 0.15) is 27.4 Å². The van der Waals surface area contributed by atoms with E-state index < -0.39 is 0 Å². The number of benzene rings is 1. The smallest absolute Gasteiger partial charge is 0.251 e. The van der Waals surface area contributed by atoms with Crippen molar-refractivity contribution in [3.05, 3.63) is 65.2 Å². The summed E-state index contributed by atoms with van der Waals surface area (Å²) in [7, 11) is 0. The molecule has 0 saturated heterocycles. The number of pyridine rings is 1. The number of H-pyrrole nitrogens is 1. The lowest BCUT2D eigenvalue weighted by molar-refractivity contribution is 0.0954. The number of rotatable bonds is 4. The van der Waals surface area contributed by atoms with Gasteiger partial charge in [-0.3, -0.25) is 9.20 Å². The minimum atomic E-state index is -0.0966. The van der Waals surface area contributed by atoms with Crippen LogP contribution >= 0.6 is 0 Å². The van der Waals surface area contributed by atoms with E-state index in [0.29, 0.717) is 17.8 Å². The van der Waals surface area contributed by atoms with Gasteiger partial charge in [0.2, 0.25) is 0 Å². The number of aromatic nitrogens is 4. The third kappa shape index (κ3) is 2.76. The number of carbonyl (C=O) groups is 1. The molecule has 1 amide bonds. The zero-order valence-electron chi connectivity index (χ0n) is 14.2. The van der Waals surface area contributed by atoms with Crippen LogP contribution in [0.15, 0.2) is 42.6 Å². The van der Waals surface area contributed by atoms with E-state index in [4.69, 9.17) is 0 Å². The fourth-order valence-corrected chi connectivity index (χ4v) is 3.21. The summed E-state index contributed by atoms with van der Waals surface area (Å²) >= 11 is 0. The maximum absolute atomic E-state index is 12.4. The van der Waals surface area contributed by atoms with Gasteiger partial charge in [-0.1, -0.05) is 18.2 Å². The molecule has 6 heteroatoms. The summed E-state index contributed by atoms with van der Waals surface area (Å²) in [4.78, 5) is 15.8. The van der Waals surface area contributed by atoms with Crippen LogP contribution < -0.4 is 5.32 Å². The van der Waals surface area contributed by atoms with E-state index in [1.807, 2.05) is 29.7 Å². The van der Waals surface area contributed by atoms with Gasteiger partial charge in [0.05, 0.1) is 0 Å². The minimum absolute atomic E-state index is 0.0966. The molecule has 0 aliphatic carbocycles. The first-order chi connectivity index (χ1) is 12.1. The van der Waals surface area contributed by atoms with Gasteiger partial charge >= 0.3 is 0 Å². The maximum atomic E-state index is 12.4. The van der Waals surface area contributed by atoms with Gasteiger partial charge in [0, 0.05) is 34.9 Å². The third-order valence-electron chi connectivity index (χ3n) is 4.53. The highest BCUT2D eigenvalue weighted by Crippen LogP contribution is 2.21. The first-order valence-corrected chi connectivity index (χ1v) is 8.29. The molecule has 4 aromatic rings. The minimum Gasteiger partial charge on any atom is -0.358 e. The van der Waals surface area contributed by atoms with Crippen molar-refractivity contribution in [3.8, 4) is 0 Å². The Bertz CT molecular complexity index is 1080. The van der Waals surface area contributed by atoms with Gasteiger partial charge in [0.15, 0.2) is 5.65 Å². The molecule has 6 nitrogen and oxygen atoms in total. The number of nitrogens with zero attached hydrogens (tertiary/aromatic N) is 3. The van der Waals surface area contributed by atoms with Crippen LogP contribution in [0.2, 0.25) is 0 Å². The highest BCUT2D eigenvalue weighted by Gasteiger charge is 2.11. The molecule has 0 bridgehead atoms. The number of aromatic amines is 1. The molecule has 0 spiro atoms. The summed E-state index contributed by atoms with van der Waals surface area (Å²) in [6.45, 7) is 4.53. The van der Waals surface area contributed by atoms with Gasteiger partial charge in [-0.25, -0.2) is 0 Å². The van der Waals surface area contributed by atoms with Crippen molar-refractivity contribution in [1.82, 2.24) is 24.9 Å². The quantitative estimate of drug-likeness (QED) is 0.603. The average Bonchev–Trinajstić information content (AvgIpc) is 3.15. The van der Waals surface area contributed by atoms with E-state index in [0.717, 1.165) is 23.5 Å². The standard InChI is InChI=1S/C19H19N5O/c1-12-15(16-5-3-4-6-17(16)21-12)7-9-20-19(25)14-8-10-24-13(2)22-23-18(24)11-14/h3-6,8,10-11,21H,7,9H2,1-2H3,(H,20,25). The summed E-state index contributed by atoms with van der Waals surface area (Å²) in [5.41, 5.74) is 4.80. The molecule has 0 fully saturated rings. The molecule has 0 saturated carbocycles. The second kappa shape index (κ2) is 6.05. The lowest BCUT2D eigenvalue weighted by Gasteiger charge is -2.06. The second-order valence-corrected chi connectivity index (χ2v) is 6.17. The monoisotopic (exact) mass is 333 g/mol. The molecule has 2 N–H and O–H groups in total. The van der Waals surface area contributed by atoms with Crippen molar-refractivity contribution in [2.45, 2.75) is 20.3 Å².